The lowest BCUT2D eigenvalue weighted by atomic mass is 9.89. The van der Waals surface area contributed by atoms with E-state index in [0.29, 0.717) is 5.92 Å². The van der Waals surface area contributed by atoms with Crippen LogP contribution in [0.2, 0.25) is 0 Å². The number of nitrogens with zero attached hydrogens (tertiary/aromatic N) is 3. The van der Waals surface area contributed by atoms with E-state index >= 15 is 0 Å². The van der Waals surface area contributed by atoms with Gasteiger partial charge in [0, 0.05) is 37.2 Å². The zero-order valence-corrected chi connectivity index (χ0v) is 13.3. The van der Waals surface area contributed by atoms with Crippen molar-refractivity contribution in [2.75, 3.05) is 29.9 Å². The molecule has 1 saturated heterocycles. The Kier molecular flexibility index (Phi) is 5.06. The Morgan fingerprint density at radius 3 is 2.81 bits per heavy atom. The third kappa shape index (κ3) is 3.93. The minimum Gasteiger partial charge on any atom is -0.323 e. The van der Waals surface area contributed by atoms with Crippen LogP contribution in [-0.4, -0.2) is 45.3 Å². The molecule has 3 rings (SSSR count). The molecule has 0 atom stereocenters. The van der Waals surface area contributed by atoms with Gasteiger partial charge in [-0.15, -0.1) is 0 Å². The molecule has 1 N–H and O–H groups in total. The van der Waals surface area contributed by atoms with Gasteiger partial charge in [-0.3, -0.25) is 5.32 Å². The van der Waals surface area contributed by atoms with Gasteiger partial charge in [0.25, 0.3) is 0 Å². The highest BCUT2D eigenvalue weighted by molar-refractivity contribution is 7.99. The number of urea groups is 1. The highest BCUT2D eigenvalue weighted by atomic mass is 32.2. The Hall–Kier alpha value is -1.17. The van der Waals surface area contributed by atoms with Crippen LogP contribution in [0.3, 0.4) is 0 Å². The molecule has 5 nitrogen and oxygen atoms in total. The number of aromatic nitrogens is 2. The van der Waals surface area contributed by atoms with Crippen LogP contribution in [0.1, 0.15) is 32.1 Å². The van der Waals surface area contributed by atoms with Crippen molar-refractivity contribution < 1.29 is 4.79 Å². The van der Waals surface area contributed by atoms with Crippen LogP contribution in [0.15, 0.2) is 12.3 Å². The second-order valence-corrected chi connectivity index (χ2v) is 7.16. The van der Waals surface area contributed by atoms with Crippen LogP contribution in [0.5, 0.6) is 0 Å². The predicted octanol–water partition coefficient (Wildman–Crippen LogP) is 3.04. The molecule has 1 aliphatic heterocycles. The SMILES string of the molecule is O=C(Nc1ccnn1CC1CCCCC1)N1CCSCC1. The molecule has 6 heteroatoms. The quantitative estimate of drug-likeness (QED) is 0.933. The van der Waals surface area contributed by atoms with Crippen molar-refractivity contribution >= 4 is 23.6 Å². The molecular weight excluding hydrogens is 284 g/mol. The maximum atomic E-state index is 12.3. The summed E-state index contributed by atoms with van der Waals surface area (Å²) in [6, 6.07) is 1.92. The number of hydrogen-bond donors (Lipinski definition) is 1. The van der Waals surface area contributed by atoms with Gasteiger partial charge in [0.15, 0.2) is 0 Å². The number of carbonyl (C=O) groups is 1. The first-order chi connectivity index (χ1) is 10.3. The van der Waals surface area contributed by atoms with Crippen molar-refractivity contribution in [1.82, 2.24) is 14.7 Å². The number of thioether (sulfide) groups is 1. The Balaban J connectivity index is 1.57. The van der Waals surface area contributed by atoms with Gasteiger partial charge in [0.2, 0.25) is 0 Å². The number of rotatable bonds is 3. The maximum absolute atomic E-state index is 12.3. The van der Waals surface area contributed by atoms with Crippen LogP contribution in [0.4, 0.5) is 10.6 Å². The van der Waals surface area contributed by atoms with Gasteiger partial charge in [-0.1, -0.05) is 19.3 Å². The van der Waals surface area contributed by atoms with Crippen LogP contribution in [0.25, 0.3) is 0 Å². The van der Waals surface area contributed by atoms with E-state index < -0.39 is 0 Å². The summed E-state index contributed by atoms with van der Waals surface area (Å²) in [6.45, 7) is 2.61. The normalized spacial score (nSPS) is 20.5. The van der Waals surface area contributed by atoms with E-state index in [-0.39, 0.29) is 6.03 Å². The fourth-order valence-electron chi connectivity index (χ4n) is 3.15. The fourth-order valence-corrected chi connectivity index (χ4v) is 4.06. The van der Waals surface area contributed by atoms with Crippen molar-refractivity contribution in [1.29, 1.82) is 0 Å². The van der Waals surface area contributed by atoms with Crippen molar-refractivity contribution in [2.45, 2.75) is 38.6 Å². The second-order valence-electron chi connectivity index (χ2n) is 5.93. The molecule has 0 aromatic carbocycles. The third-order valence-corrected chi connectivity index (χ3v) is 5.35. The number of anilines is 1. The van der Waals surface area contributed by atoms with Crippen molar-refractivity contribution in [3.8, 4) is 0 Å². The van der Waals surface area contributed by atoms with Gasteiger partial charge < -0.3 is 4.90 Å². The molecule has 0 bridgehead atoms. The lowest BCUT2D eigenvalue weighted by molar-refractivity contribution is 0.216. The van der Waals surface area contributed by atoms with Gasteiger partial charge in [0.05, 0.1) is 6.20 Å². The highest BCUT2D eigenvalue weighted by Crippen LogP contribution is 2.26. The zero-order valence-electron chi connectivity index (χ0n) is 12.5. The summed E-state index contributed by atoms with van der Waals surface area (Å²) in [5.41, 5.74) is 0. The summed E-state index contributed by atoms with van der Waals surface area (Å²) >= 11 is 1.91. The van der Waals surface area contributed by atoms with E-state index in [0.717, 1.165) is 37.0 Å². The molecule has 1 aliphatic carbocycles. The molecule has 0 unspecified atom stereocenters. The Bertz CT molecular complexity index is 464. The summed E-state index contributed by atoms with van der Waals surface area (Å²) < 4.78 is 1.96. The Morgan fingerprint density at radius 2 is 2.05 bits per heavy atom. The smallest absolute Gasteiger partial charge is 0.323 e. The molecule has 116 valence electrons. The topological polar surface area (TPSA) is 50.2 Å². The zero-order chi connectivity index (χ0) is 14.5. The first kappa shape index (κ1) is 14.8. The minimum absolute atomic E-state index is 0.0145. The largest absolute Gasteiger partial charge is 0.323 e. The van der Waals surface area contributed by atoms with Crippen LogP contribution in [-0.2, 0) is 6.54 Å². The predicted molar refractivity (Wildman–Crippen MR) is 86.7 cm³/mol. The van der Waals surface area contributed by atoms with Crippen LogP contribution in [0, 0.1) is 5.92 Å². The van der Waals surface area contributed by atoms with Crippen molar-refractivity contribution in [2.24, 2.45) is 5.92 Å². The van der Waals surface area contributed by atoms with Gasteiger partial charge >= 0.3 is 6.03 Å². The average molecular weight is 308 g/mol. The van der Waals surface area contributed by atoms with Gasteiger partial charge in [-0.25, -0.2) is 9.48 Å². The number of hydrogen-bond acceptors (Lipinski definition) is 3. The average Bonchev–Trinajstić information content (AvgIpc) is 2.96. The lowest BCUT2D eigenvalue weighted by Crippen LogP contribution is -2.41. The van der Waals surface area contributed by atoms with Crippen LogP contribution < -0.4 is 5.32 Å². The van der Waals surface area contributed by atoms with Gasteiger partial charge in [0.1, 0.15) is 5.82 Å². The number of amides is 2. The number of nitrogens with one attached hydrogen (secondary N) is 1. The van der Waals surface area contributed by atoms with Crippen LogP contribution >= 0.6 is 11.8 Å². The molecule has 1 aromatic rings. The molecular formula is C15H24N4OS. The lowest BCUT2D eigenvalue weighted by Gasteiger charge is -2.27. The molecule has 1 aromatic heterocycles. The monoisotopic (exact) mass is 308 g/mol. The summed E-state index contributed by atoms with van der Waals surface area (Å²) in [7, 11) is 0. The van der Waals surface area contributed by atoms with E-state index in [4.69, 9.17) is 0 Å². The van der Waals surface area contributed by atoms with E-state index in [1.807, 2.05) is 27.4 Å². The maximum Gasteiger partial charge on any atom is 0.323 e. The molecule has 2 aliphatic rings. The minimum atomic E-state index is 0.0145. The molecule has 21 heavy (non-hydrogen) atoms. The molecule has 1 saturated carbocycles. The molecule has 2 fully saturated rings. The summed E-state index contributed by atoms with van der Waals surface area (Å²) in [5.74, 6) is 3.62. The molecule has 2 amide bonds. The van der Waals surface area contributed by atoms with E-state index in [9.17, 15) is 4.79 Å². The first-order valence-corrected chi connectivity index (χ1v) is 9.14. The molecule has 0 radical (unpaired) electrons. The second kappa shape index (κ2) is 7.20. The van der Waals surface area contributed by atoms with E-state index in [1.54, 1.807) is 6.20 Å². The Morgan fingerprint density at radius 1 is 1.29 bits per heavy atom. The standard InChI is InChI=1S/C15H24N4OS/c20-15(18-8-10-21-11-9-18)17-14-6-7-16-19(14)12-13-4-2-1-3-5-13/h6-7,13H,1-5,8-12H2,(H,17,20). The molecule has 2 heterocycles. The summed E-state index contributed by atoms with van der Waals surface area (Å²) in [6.07, 6.45) is 8.39. The highest BCUT2D eigenvalue weighted by Gasteiger charge is 2.19. The number of carbonyl (C=O) groups excluding carboxylic acids is 1. The van der Waals surface area contributed by atoms with Crippen molar-refractivity contribution in [3.05, 3.63) is 12.3 Å². The van der Waals surface area contributed by atoms with Gasteiger partial charge in [-0.2, -0.15) is 16.9 Å². The Labute approximate surface area is 130 Å². The molecule has 0 spiro atoms. The summed E-state index contributed by atoms with van der Waals surface area (Å²) in [5, 5.41) is 7.42. The summed E-state index contributed by atoms with van der Waals surface area (Å²) in [4.78, 5) is 14.2. The van der Waals surface area contributed by atoms with E-state index in [1.165, 1.54) is 32.1 Å². The van der Waals surface area contributed by atoms with E-state index in [2.05, 4.69) is 10.4 Å². The fraction of sp³-hybridized carbons (Fsp3) is 0.733. The third-order valence-electron chi connectivity index (χ3n) is 4.41. The van der Waals surface area contributed by atoms with Crippen molar-refractivity contribution in [3.63, 3.8) is 0 Å². The van der Waals surface area contributed by atoms with Gasteiger partial charge in [-0.05, 0) is 18.8 Å². The first-order valence-electron chi connectivity index (χ1n) is 7.98.